The van der Waals surface area contributed by atoms with Crippen molar-refractivity contribution in [2.75, 3.05) is 0 Å². The lowest BCUT2D eigenvalue weighted by Crippen LogP contribution is -2.00. The lowest BCUT2D eigenvalue weighted by Gasteiger charge is -2.04. The summed E-state index contributed by atoms with van der Waals surface area (Å²) in [6.07, 6.45) is 2.00. The van der Waals surface area contributed by atoms with Crippen LogP contribution in [0.1, 0.15) is 17.1 Å². The van der Waals surface area contributed by atoms with Gasteiger partial charge in [-0.2, -0.15) is 0 Å². The van der Waals surface area contributed by atoms with Crippen LogP contribution in [0.4, 0.5) is 4.39 Å². The zero-order valence-electron chi connectivity index (χ0n) is 8.87. The Kier molecular flexibility index (Phi) is 2.54. The minimum absolute atomic E-state index is 0.197. The molecule has 1 heterocycles. The molecule has 0 amide bonds. The van der Waals surface area contributed by atoms with Crippen LogP contribution < -0.4 is 0 Å². The molecule has 2 rings (SSSR count). The van der Waals surface area contributed by atoms with Crippen molar-refractivity contribution in [1.29, 1.82) is 0 Å². The molecule has 78 valence electrons. The highest BCUT2D eigenvalue weighted by Gasteiger charge is 2.01. The maximum atomic E-state index is 12.7. The van der Waals surface area contributed by atoms with E-state index in [0.29, 0.717) is 0 Å². The molecule has 1 aromatic carbocycles. The van der Waals surface area contributed by atoms with Crippen LogP contribution in [0.2, 0.25) is 0 Å². The number of benzene rings is 1. The molecule has 3 heteroatoms. The molecular weight excluding hydrogens is 191 g/mol. The Hall–Kier alpha value is -1.64. The Morgan fingerprint density at radius 3 is 2.40 bits per heavy atom. The number of aryl methyl sites for hydroxylation is 2. The van der Waals surface area contributed by atoms with Crippen LogP contribution in [-0.2, 0) is 6.54 Å². The number of nitrogens with zero attached hydrogens (tertiary/aromatic N) is 2. The van der Waals surface area contributed by atoms with Crippen molar-refractivity contribution in [3.63, 3.8) is 0 Å². The van der Waals surface area contributed by atoms with E-state index in [4.69, 9.17) is 0 Å². The van der Waals surface area contributed by atoms with E-state index >= 15 is 0 Å². The normalized spacial score (nSPS) is 10.6. The number of imidazole rings is 1. The molecule has 0 N–H and O–H groups in total. The van der Waals surface area contributed by atoms with E-state index < -0.39 is 0 Å². The summed E-state index contributed by atoms with van der Waals surface area (Å²) >= 11 is 0. The Balaban J connectivity index is 2.21. The Morgan fingerprint density at radius 1 is 1.20 bits per heavy atom. The van der Waals surface area contributed by atoms with Gasteiger partial charge in [-0.25, -0.2) is 9.37 Å². The monoisotopic (exact) mass is 204 g/mol. The summed E-state index contributed by atoms with van der Waals surface area (Å²) < 4.78 is 14.7. The zero-order chi connectivity index (χ0) is 10.8. The predicted molar refractivity (Wildman–Crippen MR) is 57.2 cm³/mol. The van der Waals surface area contributed by atoms with E-state index in [1.807, 2.05) is 20.0 Å². The Labute approximate surface area is 88.4 Å². The van der Waals surface area contributed by atoms with E-state index in [-0.39, 0.29) is 5.82 Å². The first kappa shape index (κ1) is 9.90. The average molecular weight is 204 g/mol. The number of rotatable bonds is 2. The second-order valence-corrected chi connectivity index (χ2v) is 3.68. The second-order valence-electron chi connectivity index (χ2n) is 3.68. The summed E-state index contributed by atoms with van der Waals surface area (Å²) in [5, 5.41) is 0. The van der Waals surface area contributed by atoms with E-state index in [9.17, 15) is 4.39 Å². The molecule has 0 spiro atoms. The third-order valence-electron chi connectivity index (χ3n) is 2.36. The van der Waals surface area contributed by atoms with Gasteiger partial charge in [-0.15, -0.1) is 0 Å². The lowest BCUT2D eigenvalue weighted by molar-refractivity contribution is 0.626. The van der Waals surface area contributed by atoms with E-state index in [1.54, 1.807) is 12.1 Å². The van der Waals surface area contributed by atoms with Gasteiger partial charge in [-0.3, -0.25) is 0 Å². The average Bonchev–Trinajstić information content (AvgIpc) is 2.49. The van der Waals surface area contributed by atoms with Crippen molar-refractivity contribution < 1.29 is 4.39 Å². The van der Waals surface area contributed by atoms with Crippen molar-refractivity contribution >= 4 is 0 Å². The van der Waals surface area contributed by atoms with Crippen molar-refractivity contribution in [2.45, 2.75) is 20.4 Å². The van der Waals surface area contributed by atoms with Crippen LogP contribution in [0.15, 0.2) is 30.5 Å². The van der Waals surface area contributed by atoms with Gasteiger partial charge in [0.1, 0.15) is 11.6 Å². The summed E-state index contributed by atoms with van der Waals surface area (Å²) in [6, 6.07) is 6.55. The van der Waals surface area contributed by atoms with E-state index in [0.717, 1.165) is 23.6 Å². The summed E-state index contributed by atoms with van der Waals surface area (Å²) in [6.45, 7) is 4.68. The molecule has 1 aromatic heterocycles. The molecule has 2 aromatic rings. The molecule has 0 saturated heterocycles. The topological polar surface area (TPSA) is 17.8 Å². The summed E-state index contributed by atoms with van der Waals surface area (Å²) in [4.78, 5) is 4.31. The molecule has 15 heavy (non-hydrogen) atoms. The second kappa shape index (κ2) is 3.85. The van der Waals surface area contributed by atoms with Gasteiger partial charge in [0.05, 0.1) is 5.69 Å². The maximum Gasteiger partial charge on any atom is 0.123 e. The molecular formula is C12H13FN2. The van der Waals surface area contributed by atoms with Gasteiger partial charge in [0.15, 0.2) is 0 Å². The fraction of sp³-hybridized carbons (Fsp3) is 0.250. The third-order valence-corrected chi connectivity index (χ3v) is 2.36. The minimum atomic E-state index is -0.197. The van der Waals surface area contributed by atoms with Gasteiger partial charge in [-0.1, -0.05) is 12.1 Å². The Bertz CT molecular complexity index is 457. The van der Waals surface area contributed by atoms with Gasteiger partial charge < -0.3 is 4.57 Å². The smallest absolute Gasteiger partial charge is 0.123 e. The molecule has 2 nitrogen and oxygen atoms in total. The number of hydrogen-bond acceptors (Lipinski definition) is 1. The van der Waals surface area contributed by atoms with Crippen LogP contribution in [-0.4, -0.2) is 9.55 Å². The maximum absolute atomic E-state index is 12.7. The third kappa shape index (κ3) is 2.24. The predicted octanol–water partition coefficient (Wildman–Crippen LogP) is 2.69. The number of halogens is 1. The van der Waals surface area contributed by atoms with Gasteiger partial charge >= 0.3 is 0 Å². The summed E-state index contributed by atoms with van der Waals surface area (Å²) in [5.74, 6) is 0.786. The van der Waals surface area contributed by atoms with Crippen LogP contribution in [0, 0.1) is 19.7 Å². The van der Waals surface area contributed by atoms with Crippen molar-refractivity contribution in [2.24, 2.45) is 0 Å². The van der Waals surface area contributed by atoms with Crippen molar-refractivity contribution in [1.82, 2.24) is 9.55 Å². The molecule has 0 fully saturated rings. The quantitative estimate of drug-likeness (QED) is 0.735. The van der Waals surface area contributed by atoms with Crippen LogP contribution in [0.3, 0.4) is 0 Å². The molecule has 0 atom stereocenters. The highest BCUT2D eigenvalue weighted by molar-refractivity contribution is 5.17. The molecule has 0 aliphatic rings. The van der Waals surface area contributed by atoms with Gasteiger partial charge in [-0.05, 0) is 31.5 Å². The largest absolute Gasteiger partial charge is 0.330 e. The zero-order valence-corrected chi connectivity index (χ0v) is 8.87. The summed E-state index contributed by atoms with van der Waals surface area (Å²) in [5.41, 5.74) is 2.09. The standard InChI is InChI=1S/C12H13FN2/c1-9-7-15(10(2)14-9)8-11-3-5-12(13)6-4-11/h3-7H,8H2,1-2H3. The number of aromatic nitrogens is 2. The van der Waals surface area contributed by atoms with Gasteiger partial charge in [0, 0.05) is 12.7 Å². The first-order valence-electron chi connectivity index (χ1n) is 4.90. The van der Waals surface area contributed by atoms with Gasteiger partial charge in [0.2, 0.25) is 0 Å². The van der Waals surface area contributed by atoms with E-state index in [2.05, 4.69) is 9.55 Å². The number of hydrogen-bond donors (Lipinski definition) is 0. The Morgan fingerprint density at radius 2 is 1.87 bits per heavy atom. The van der Waals surface area contributed by atoms with E-state index in [1.165, 1.54) is 12.1 Å². The highest BCUT2D eigenvalue weighted by Crippen LogP contribution is 2.08. The van der Waals surface area contributed by atoms with Crippen LogP contribution in [0.5, 0.6) is 0 Å². The summed E-state index contributed by atoms with van der Waals surface area (Å²) in [7, 11) is 0. The minimum Gasteiger partial charge on any atom is -0.330 e. The fourth-order valence-corrected chi connectivity index (χ4v) is 1.61. The lowest BCUT2D eigenvalue weighted by atomic mass is 10.2. The first-order valence-corrected chi connectivity index (χ1v) is 4.90. The molecule has 0 aliphatic carbocycles. The first-order chi connectivity index (χ1) is 7.15. The van der Waals surface area contributed by atoms with Crippen molar-refractivity contribution in [3.05, 3.63) is 53.4 Å². The SMILES string of the molecule is Cc1cn(Cc2ccc(F)cc2)c(C)n1. The molecule has 0 radical (unpaired) electrons. The molecule has 0 unspecified atom stereocenters. The van der Waals surface area contributed by atoms with Gasteiger partial charge in [0.25, 0.3) is 0 Å². The molecule has 0 bridgehead atoms. The molecule has 0 aliphatic heterocycles. The fourth-order valence-electron chi connectivity index (χ4n) is 1.61. The molecule has 0 saturated carbocycles. The van der Waals surface area contributed by atoms with Crippen LogP contribution >= 0.6 is 0 Å². The van der Waals surface area contributed by atoms with Crippen LogP contribution in [0.25, 0.3) is 0 Å². The van der Waals surface area contributed by atoms with Crippen molar-refractivity contribution in [3.8, 4) is 0 Å². The highest BCUT2D eigenvalue weighted by atomic mass is 19.1.